The van der Waals surface area contributed by atoms with Crippen LogP contribution in [0.25, 0.3) is 11.1 Å². The van der Waals surface area contributed by atoms with E-state index in [9.17, 15) is 9.18 Å². The molecule has 3 rings (SSSR count). The molecule has 5 heteroatoms. The lowest BCUT2D eigenvalue weighted by atomic mass is 10.1. The van der Waals surface area contributed by atoms with Crippen molar-refractivity contribution in [1.29, 1.82) is 0 Å². The number of hydrogen-bond acceptors (Lipinski definition) is 4. The van der Waals surface area contributed by atoms with E-state index >= 15 is 0 Å². The second-order valence-corrected chi connectivity index (χ2v) is 9.77. The van der Waals surface area contributed by atoms with Gasteiger partial charge < -0.3 is 14.2 Å². The monoisotopic (exact) mass is 520 g/mol. The second kappa shape index (κ2) is 15.8. The summed E-state index contributed by atoms with van der Waals surface area (Å²) in [5.41, 5.74) is 2.17. The first-order valence-corrected chi connectivity index (χ1v) is 14.0. The number of halogens is 1. The van der Waals surface area contributed by atoms with Crippen LogP contribution in [0.15, 0.2) is 66.7 Å². The molecule has 0 radical (unpaired) electrons. The van der Waals surface area contributed by atoms with Crippen molar-refractivity contribution < 1.29 is 23.4 Å². The summed E-state index contributed by atoms with van der Waals surface area (Å²) < 4.78 is 31.6. The molecule has 0 bridgehead atoms. The van der Waals surface area contributed by atoms with Crippen LogP contribution in [0.2, 0.25) is 0 Å². The molecule has 0 saturated heterocycles. The van der Waals surface area contributed by atoms with Gasteiger partial charge in [-0.05, 0) is 79.8 Å². The molecule has 0 saturated carbocycles. The summed E-state index contributed by atoms with van der Waals surface area (Å²) in [6, 6.07) is 19.4. The normalized spacial score (nSPS) is 11.7. The zero-order chi connectivity index (χ0) is 27.2. The maximum absolute atomic E-state index is 14.6. The molecule has 3 aromatic rings. The van der Waals surface area contributed by atoms with E-state index in [0.29, 0.717) is 5.75 Å². The van der Waals surface area contributed by atoms with Gasteiger partial charge in [0.05, 0.1) is 18.3 Å². The van der Waals surface area contributed by atoms with Crippen molar-refractivity contribution in [2.75, 3.05) is 6.61 Å². The lowest BCUT2D eigenvalue weighted by Crippen LogP contribution is -2.13. The summed E-state index contributed by atoms with van der Waals surface area (Å²) in [5.74, 6) is 0.231. The van der Waals surface area contributed by atoms with E-state index in [1.54, 1.807) is 12.1 Å². The van der Waals surface area contributed by atoms with Gasteiger partial charge in [-0.2, -0.15) is 0 Å². The zero-order valence-electron chi connectivity index (χ0n) is 23.0. The van der Waals surface area contributed by atoms with Crippen LogP contribution in [-0.2, 0) is 0 Å². The first-order chi connectivity index (χ1) is 18.5. The molecular weight excluding hydrogens is 479 g/mol. The van der Waals surface area contributed by atoms with E-state index in [1.807, 2.05) is 43.3 Å². The van der Waals surface area contributed by atoms with Gasteiger partial charge in [0.2, 0.25) is 0 Å². The average molecular weight is 521 g/mol. The smallest absolute Gasteiger partial charge is 0.343 e. The van der Waals surface area contributed by atoms with Crippen LogP contribution in [0.4, 0.5) is 4.39 Å². The predicted molar refractivity (Wildman–Crippen MR) is 152 cm³/mol. The number of unbranched alkanes of at least 4 members (excludes halogenated alkanes) is 6. The fourth-order valence-electron chi connectivity index (χ4n) is 4.20. The molecule has 0 amide bonds. The van der Waals surface area contributed by atoms with Gasteiger partial charge in [-0.3, -0.25) is 0 Å². The summed E-state index contributed by atoms with van der Waals surface area (Å²) in [5, 5.41) is 0. The van der Waals surface area contributed by atoms with Gasteiger partial charge in [0.15, 0.2) is 11.6 Å². The van der Waals surface area contributed by atoms with Crippen molar-refractivity contribution in [3.05, 3.63) is 78.1 Å². The third kappa shape index (κ3) is 9.51. The van der Waals surface area contributed by atoms with E-state index in [2.05, 4.69) is 13.8 Å². The van der Waals surface area contributed by atoms with Crippen LogP contribution in [0, 0.1) is 5.82 Å². The summed E-state index contributed by atoms with van der Waals surface area (Å²) in [7, 11) is 0. The van der Waals surface area contributed by atoms with Gasteiger partial charge in [0.25, 0.3) is 0 Å². The Morgan fingerprint density at radius 1 is 0.763 bits per heavy atom. The van der Waals surface area contributed by atoms with E-state index in [1.165, 1.54) is 50.3 Å². The molecule has 0 fully saturated rings. The molecule has 0 heterocycles. The highest BCUT2D eigenvalue weighted by molar-refractivity contribution is 5.91. The Balaban J connectivity index is 1.51. The Labute approximate surface area is 227 Å². The number of ether oxygens (including phenoxy) is 3. The average Bonchev–Trinajstić information content (AvgIpc) is 2.93. The Kier molecular flexibility index (Phi) is 12.2. The van der Waals surface area contributed by atoms with Gasteiger partial charge in [-0.15, -0.1) is 0 Å². The van der Waals surface area contributed by atoms with Crippen LogP contribution >= 0.6 is 0 Å². The SMILES string of the molecule is CCCCCCOc1ccc(-c2ccc(OC(=O)c3ccc(OC(C)CCCCCC)c(F)c3)cc2)cc1. The van der Waals surface area contributed by atoms with Crippen molar-refractivity contribution >= 4 is 5.97 Å². The molecule has 3 aromatic carbocycles. The van der Waals surface area contributed by atoms with Crippen molar-refractivity contribution in [1.82, 2.24) is 0 Å². The molecule has 0 aromatic heterocycles. The largest absolute Gasteiger partial charge is 0.494 e. The Hall–Kier alpha value is -3.34. The number of rotatable bonds is 16. The van der Waals surface area contributed by atoms with Gasteiger partial charge in [-0.1, -0.05) is 76.6 Å². The molecule has 204 valence electrons. The maximum Gasteiger partial charge on any atom is 0.343 e. The first kappa shape index (κ1) is 29.2. The van der Waals surface area contributed by atoms with E-state index in [4.69, 9.17) is 14.2 Å². The molecule has 38 heavy (non-hydrogen) atoms. The maximum atomic E-state index is 14.6. The first-order valence-electron chi connectivity index (χ1n) is 14.0. The third-order valence-corrected chi connectivity index (χ3v) is 6.48. The highest BCUT2D eigenvalue weighted by atomic mass is 19.1. The molecule has 1 atom stereocenters. The van der Waals surface area contributed by atoms with Crippen LogP contribution < -0.4 is 14.2 Å². The summed E-state index contributed by atoms with van der Waals surface area (Å²) in [6.07, 6.45) is 10.1. The summed E-state index contributed by atoms with van der Waals surface area (Å²) in [4.78, 5) is 12.6. The van der Waals surface area contributed by atoms with Crippen LogP contribution in [0.1, 0.15) is 88.9 Å². The number of hydrogen-bond donors (Lipinski definition) is 0. The highest BCUT2D eigenvalue weighted by Gasteiger charge is 2.15. The van der Waals surface area contributed by atoms with E-state index < -0.39 is 11.8 Å². The molecule has 0 N–H and O–H groups in total. The van der Waals surface area contributed by atoms with Crippen molar-refractivity contribution in [3.63, 3.8) is 0 Å². The number of carbonyl (C=O) groups is 1. The fraction of sp³-hybridized carbons (Fsp3) is 0.424. The molecular formula is C33H41FO4. The van der Waals surface area contributed by atoms with Gasteiger partial charge in [0, 0.05) is 0 Å². The van der Waals surface area contributed by atoms with E-state index in [0.717, 1.165) is 49.2 Å². The number of carbonyl (C=O) groups excluding carboxylic acids is 1. The molecule has 4 nitrogen and oxygen atoms in total. The Morgan fingerprint density at radius 3 is 1.97 bits per heavy atom. The standard InChI is InChI=1S/C33H41FO4/c1-4-6-8-10-12-25(3)37-32-22-17-28(24-31(32)34)33(35)38-30-20-15-27(16-21-30)26-13-18-29(19-14-26)36-23-11-9-7-5-2/h13-22,24-25H,4-12,23H2,1-3H3. The van der Waals surface area contributed by atoms with Crippen LogP contribution in [0.3, 0.4) is 0 Å². The molecule has 0 aliphatic heterocycles. The molecule has 0 aliphatic carbocycles. The summed E-state index contributed by atoms with van der Waals surface area (Å²) in [6.45, 7) is 7.04. The fourth-order valence-corrected chi connectivity index (χ4v) is 4.20. The van der Waals surface area contributed by atoms with Gasteiger partial charge in [0.1, 0.15) is 11.5 Å². The quantitative estimate of drug-likeness (QED) is 0.107. The van der Waals surface area contributed by atoms with Crippen LogP contribution in [0.5, 0.6) is 17.2 Å². The Morgan fingerprint density at radius 2 is 1.37 bits per heavy atom. The minimum Gasteiger partial charge on any atom is -0.494 e. The molecule has 1 unspecified atom stereocenters. The van der Waals surface area contributed by atoms with Gasteiger partial charge >= 0.3 is 5.97 Å². The predicted octanol–water partition coefficient (Wildman–Crippen LogP) is 9.41. The number of esters is 1. The second-order valence-electron chi connectivity index (χ2n) is 9.77. The highest BCUT2D eigenvalue weighted by Crippen LogP contribution is 2.26. The van der Waals surface area contributed by atoms with Crippen molar-refractivity contribution in [2.45, 2.75) is 84.7 Å². The molecule has 0 spiro atoms. The van der Waals surface area contributed by atoms with Crippen molar-refractivity contribution in [3.8, 4) is 28.4 Å². The molecule has 0 aliphatic rings. The lowest BCUT2D eigenvalue weighted by molar-refractivity contribution is 0.0734. The lowest BCUT2D eigenvalue weighted by Gasteiger charge is -2.15. The third-order valence-electron chi connectivity index (χ3n) is 6.48. The van der Waals surface area contributed by atoms with E-state index in [-0.39, 0.29) is 17.4 Å². The van der Waals surface area contributed by atoms with Gasteiger partial charge in [-0.25, -0.2) is 9.18 Å². The summed E-state index contributed by atoms with van der Waals surface area (Å²) >= 11 is 0. The Bertz CT molecular complexity index is 1110. The topological polar surface area (TPSA) is 44.8 Å². The van der Waals surface area contributed by atoms with Crippen molar-refractivity contribution in [2.24, 2.45) is 0 Å². The minimum atomic E-state index is -0.615. The number of benzene rings is 3. The minimum absolute atomic E-state index is 0.0862. The van der Waals surface area contributed by atoms with Crippen LogP contribution in [-0.4, -0.2) is 18.7 Å². The zero-order valence-corrected chi connectivity index (χ0v) is 23.0.